The van der Waals surface area contributed by atoms with Crippen LogP contribution in [-0.2, 0) is 6.42 Å². The summed E-state index contributed by atoms with van der Waals surface area (Å²) in [6.45, 7) is 6.75. The highest BCUT2D eigenvalue weighted by molar-refractivity contribution is 5.98. The van der Waals surface area contributed by atoms with Crippen molar-refractivity contribution in [3.05, 3.63) is 70.8 Å². The van der Waals surface area contributed by atoms with E-state index in [1.165, 1.54) is 49.8 Å². The molecule has 0 N–H and O–H groups in total. The van der Waals surface area contributed by atoms with E-state index in [4.69, 9.17) is 0 Å². The van der Waals surface area contributed by atoms with Crippen LogP contribution in [0.15, 0.2) is 48.5 Å². The molecule has 0 saturated heterocycles. The standard InChI is InChI=1S/C26H29N/c1-17(2)20-11-8-12-24(26(20)27(4)5)25-16-19-15-18(3)13-14-21(19)22-9-6-7-10-23(22)25/h7-8,10-17H,6,9H2,1-5H3. The van der Waals surface area contributed by atoms with Gasteiger partial charge in [-0.2, -0.15) is 0 Å². The van der Waals surface area contributed by atoms with Gasteiger partial charge >= 0.3 is 0 Å². The Morgan fingerprint density at radius 3 is 2.52 bits per heavy atom. The molecule has 1 aliphatic rings. The maximum absolute atomic E-state index is 2.41. The third-order valence-corrected chi connectivity index (χ3v) is 5.72. The second-order valence-corrected chi connectivity index (χ2v) is 8.27. The highest BCUT2D eigenvalue weighted by atomic mass is 15.1. The van der Waals surface area contributed by atoms with Crippen molar-refractivity contribution in [1.82, 2.24) is 0 Å². The summed E-state index contributed by atoms with van der Waals surface area (Å²) in [4.78, 5) is 2.28. The van der Waals surface area contributed by atoms with Crippen molar-refractivity contribution in [3.8, 4) is 11.1 Å². The highest BCUT2D eigenvalue weighted by Gasteiger charge is 2.20. The minimum Gasteiger partial charge on any atom is -0.377 e. The van der Waals surface area contributed by atoms with Gasteiger partial charge in [0.25, 0.3) is 0 Å². The van der Waals surface area contributed by atoms with Crippen molar-refractivity contribution < 1.29 is 0 Å². The lowest BCUT2D eigenvalue weighted by atomic mass is 9.84. The predicted octanol–water partition coefficient (Wildman–Crippen LogP) is 6.96. The van der Waals surface area contributed by atoms with Crippen molar-refractivity contribution in [2.75, 3.05) is 19.0 Å². The first-order chi connectivity index (χ1) is 13.0. The molecule has 0 fully saturated rings. The van der Waals surface area contributed by atoms with Gasteiger partial charge in [0.1, 0.15) is 0 Å². The van der Waals surface area contributed by atoms with Crippen LogP contribution in [0.3, 0.4) is 0 Å². The molecule has 0 unspecified atom stereocenters. The van der Waals surface area contributed by atoms with E-state index < -0.39 is 0 Å². The molecule has 1 heteroatoms. The summed E-state index contributed by atoms with van der Waals surface area (Å²) in [6, 6.07) is 16.1. The summed E-state index contributed by atoms with van der Waals surface area (Å²) < 4.78 is 0. The second-order valence-electron chi connectivity index (χ2n) is 8.27. The average Bonchev–Trinajstić information content (AvgIpc) is 2.66. The summed E-state index contributed by atoms with van der Waals surface area (Å²) >= 11 is 0. The van der Waals surface area contributed by atoms with Gasteiger partial charge in [0.15, 0.2) is 0 Å². The molecular weight excluding hydrogens is 326 g/mol. The van der Waals surface area contributed by atoms with Gasteiger partial charge in [-0.3, -0.25) is 0 Å². The van der Waals surface area contributed by atoms with Gasteiger partial charge in [-0.15, -0.1) is 0 Å². The van der Waals surface area contributed by atoms with Crippen LogP contribution in [0.2, 0.25) is 0 Å². The number of anilines is 1. The van der Waals surface area contributed by atoms with E-state index in [2.05, 4.69) is 94.4 Å². The zero-order valence-electron chi connectivity index (χ0n) is 17.1. The number of hydrogen-bond donors (Lipinski definition) is 0. The minimum atomic E-state index is 0.497. The number of fused-ring (bicyclic) bond motifs is 3. The summed E-state index contributed by atoms with van der Waals surface area (Å²) in [5, 5.41) is 2.77. The SMILES string of the molecule is Cc1ccc2c3c(c(-c4cccc(C(C)C)c4N(C)C)cc2c1)C=CCC3. The Morgan fingerprint density at radius 2 is 1.78 bits per heavy atom. The third-order valence-electron chi connectivity index (χ3n) is 5.72. The molecule has 0 aliphatic heterocycles. The Bertz CT molecular complexity index is 1040. The molecule has 3 aromatic rings. The first-order valence-electron chi connectivity index (χ1n) is 10.0. The Labute approximate surface area is 163 Å². The van der Waals surface area contributed by atoms with E-state index in [1.54, 1.807) is 0 Å². The van der Waals surface area contributed by atoms with Gasteiger partial charge in [0.05, 0.1) is 0 Å². The fraction of sp³-hybridized carbons (Fsp3) is 0.308. The van der Waals surface area contributed by atoms with E-state index in [0.29, 0.717) is 5.92 Å². The number of benzene rings is 3. The van der Waals surface area contributed by atoms with E-state index in [1.807, 2.05) is 0 Å². The monoisotopic (exact) mass is 355 g/mol. The Kier molecular flexibility index (Phi) is 4.55. The van der Waals surface area contributed by atoms with Gasteiger partial charge in [-0.05, 0) is 64.8 Å². The van der Waals surface area contributed by atoms with E-state index in [0.717, 1.165) is 12.8 Å². The molecule has 0 spiro atoms. The summed E-state index contributed by atoms with van der Waals surface area (Å²) in [7, 11) is 4.33. The van der Waals surface area contributed by atoms with E-state index in [-0.39, 0.29) is 0 Å². The van der Waals surface area contributed by atoms with E-state index >= 15 is 0 Å². The quantitative estimate of drug-likeness (QED) is 0.490. The van der Waals surface area contributed by atoms with Gasteiger partial charge in [-0.25, -0.2) is 0 Å². The van der Waals surface area contributed by atoms with Gasteiger partial charge < -0.3 is 4.90 Å². The van der Waals surface area contributed by atoms with Crippen molar-refractivity contribution in [1.29, 1.82) is 0 Å². The molecule has 0 saturated carbocycles. The second kappa shape index (κ2) is 6.88. The molecule has 0 aromatic heterocycles. The number of nitrogens with zero attached hydrogens (tertiary/aromatic N) is 1. The summed E-state index contributed by atoms with van der Waals surface area (Å²) in [5.41, 5.74) is 9.70. The van der Waals surface area contributed by atoms with Crippen LogP contribution in [-0.4, -0.2) is 14.1 Å². The first kappa shape index (κ1) is 17.9. The van der Waals surface area contributed by atoms with Crippen molar-refractivity contribution >= 4 is 22.5 Å². The normalized spacial score (nSPS) is 13.3. The van der Waals surface area contributed by atoms with E-state index in [9.17, 15) is 0 Å². The smallest absolute Gasteiger partial charge is 0.0476 e. The zero-order chi connectivity index (χ0) is 19.1. The lowest BCUT2D eigenvalue weighted by Crippen LogP contribution is -2.14. The fourth-order valence-corrected chi connectivity index (χ4v) is 4.47. The van der Waals surface area contributed by atoms with Crippen molar-refractivity contribution in [2.45, 2.75) is 39.5 Å². The number of hydrogen-bond acceptors (Lipinski definition) is 1. The van der Waals surface area contributed by atoms with Crippen molar-refractivity contribution in [3.63, 3.8) is 0 Å². The van der Waals surface area contributed by atoms with Gasteiger partial charge in [-0.1, -0.05) is 68.0 Å². The van der Waals surface area contributed by atoms with Crippen LogP contribution in [0.1, 0.15) is 48.4 Å². The van der Waals surface area contributed by atoms with Crippen LogP contribution in [0.4, 0.5) is 5.69 Å². The lowest BCUT2D eigenvalue weighted by molar-refractivity contribution is 0.859. The average molecular weight is 356 g/mol. The lowest BCUT2D eigenvalue weighted by Gasteiger charge is -2.26. The topological polar surface area (TPSA) is 3.24 Å². The molecule has 0 heterocycles. The molecule has 1 nitrogen and oxygen atoms in total. The maximum atomic E-state index is 2.41. The fourth-order valence-electron chi connectivity index (χ4n) is 4.47. The first-order valence-corrected chi connectivity index (χ1v) is 10.0. The molecule has 0 radical (unpaired) electrons. The molecule has 0 bridgehead atoms. The Balaban J connectivity index is 2.09. The van der Waals surface area contributed by atoms with Gasteiger partial charge in [0.2, 0.25) is 0 Å². The van der Waals surface area contributed by atoms with Crippen LogP contribution in [0.5, 0.6) is 0 Å². The summed E-state index contributed by atoms with van der Waals surface area (Å²) in [6.07, 6.45) is 6.93. The molecule has 138 valence electrons. The van der Waals surface area contributed by atoms with Crippen LogP contribution in [0, 0.1) is 6.92 Å². The van der Waals surface area contributed by atoms with Crippen LogP contribution < -0.4 is 4.90 Å². The molecule has 4 rings (SSSR count). The van der Waals surface area contributed by atoms with Crippen molar-refractivity contribution in [2.24, 2.45) is 0 Å². The minimum absolute atomic E-state index is 0.497. The largest absolute Gasteiger partial charge is 0.377 e. The maximum Gasteiger partial charge on any atom is 0.0476 e. The number of rotatable bonds is 3. The molecule has 27 heavy (non-hydrogen) atoms. The van der Waals surface area contributed by atoms with Crippen LogP contribution in [0.25, 0.3) is 28.0 Å². The number of para-hydroxylation sites is 1. The number of allylic oxidation sites excluding steroid dienone is 1. The molecule has 3 aromatic carbocycles. The predicted molar refractivity (Wildman–Crippen MR) is 120 cm³/mol. The molecule has 0 amide bonds. The number of aryl methyl sites for hydroxylation is 2. The van der Waals surface area contributed by atoms with Gasteiger partial charge in [0, 0.05) is 25.3 Å². The Hall–Kier alpha value is -2.54. The zero-order valence-corrected chi connectivity index (χ0v) is 17.1. The highest BCUT2D eigenvalue weighted by Crippen LogP contribution is 2.42. The molecule has 1 aliphatic carbocycles. The molecular formula is C26H29N. The Morgan fingerprint density at radius 1 is 0.963 bits per heavy atom. The third kappa shape index (κ3) is 3.06. The van der Waals surface area contributed by atoms with Crippen LogP contribution >= 0.6 is 0 Å². The molecule has 0 atom stereocenters. The summed E-state index contributed by atoms with van der Waals surface area (Å²) in [5.74, 6) is 0.497.